The zero-order chi connectivity index (χ0) is 19.4. The van der Waals surface area contributed by atoms with Crippen molar-refractivity contribution in [1.82, 2.24) is 15.2 Å². The Bertz CT molecular complexity index is 960. The van der Waals surface area contributed by atoms with E-state index >= 15 is 0 Å². The average Bonchev–Trinajstić information content (AvgIpc) is 3.09. The van der Waals surface area contributed by atoms with Crippen molar-refractivity contribution in [2.45, 2.75) is 12.1 Å². The molecule has 0 aliphatic carbocycles. The molecule has 1 atom stereocenters. The highest BCUT2D eigenvalue weighted by Crippen LogP contribution is 2.31. The number of hydrogen-bond donors (Lipinski definition) is 4. The molecule has 0 spiro atoms. The van der Waals surface area contributed by atoms with Gasteiger partial charge >= 0.3 is 5.97 Å². The number of nitrogens with one attached hydrogen (secondary N) is 2. The summed E-state index contributed by atoms with van der Waals surface area (Å²) >= 11 is 0.967. The zero-order valence-corrected chi connectivity index (χ0v) is 15.0. The van der Waals surface area contributed by atoms with E-state index < -0.39 is 11.2 Å². The first kappa shape index (κ1) is 18.9. The van der Waals surface area contributed by atoms with Gasteiger partial charge in [-0.1, -0.05) is 23.9 Å². The van der Waals surface area contributed by atoms with Gasteiger partial charge in [-0.05, 0) is 36.8 Å². The van der Waals surface area contributed by atoms with Gasteiger partial charge in [0.05, 0.1) is 5.75 Å². The van der Waals surface area contributed by atoms with E-state index in [0.29, 0.717) is 17.1 Å². The first-order valence-corrected chi connectivity index (χ1v) is 8.80. The van der Waals surface area contributed by atoms with Crippen LogP contribution in [0, 0.1) is 12.1 Å². The minimum absolute atomic E-state index is 0.0230. The molecule has 3 aromatic rings. The fraction of sp³-hybridized carbons (Fsp3) is 0.118. The lowest BCUT2D eigenvalue weighted by molar-refractivity contribution is -0.991. The molecule has 0 amide bonds. The lowest BCUT2D eigenvalue weighted by Gasteiger charge is -2.16. The molecule has 4 N–H and O–H groups in total. The summed E-state index contributed by atoms with van der Waals surface area (Å²) in [6.45, 7) is 1.91. The third-order valence-electron chi connectivity index (χ3n) is 3.49. The van der Waals surface area contributed by atoms with Crippen LogP contribution >= 0.6 is 11.8 Å². The van der Waals surface area contributed by atoms with E-state index in [1.807, 2.05) is 25.1 Å². The second-order valence-corrected chi connectivity index (χ2v) is 6.53. The fourth-order valence-electron chi connectivity index (χ4n) is 2.31. The summed E-state index contributed by atoms with van der Waals surface area (Å²) in [5, 5.41) is 35.6. The fourth-order valence-corrected chi connectivity index (χ4v) is 2.82. The lowest BCUT2D eigenvalue weighted by Crippen LogP contribution is -2.99. The van der Waals surface area contributed by atoms with Gasteiger partial charge < -0.3 is 15.1 Å². The van der Waals surface area contributed by atoms with Crippen LogP contribution in [0.15, 0.2) is 47.6 Å². The number of nitrogens with zero attached hydrogens (tertiary/aromatic N) is 2. The molecule has 9 nitrogen and oxygen atoms in total. The van der Waals surface area contributed by atoms with Crippen LogP contribution in [0.25, 0.3) is 11.4 Å². The van der Waals surface area contributed by atoms with Gasteiger partial charge in [0, 0.05) is 11.6 Å². The van der Waals surface area contributed by atoms with Crippen LogP contribution in [0.5, 0.6) is 11.5 Å². The normalized spacial score (nSPS) is 12.0. The molecule has 1 aromatic heterocycles. The van der Waals surface area contributed by atoms with Crippen LogP contribution in [0.1, 0.15) is 5.56 Å². The Hall–Kier alpha value is -2.92. The van der Waals surface area contributed by atoms with E-state index in [2.05, 4.69) is 15.2 Å². The number of quaternary nitrogens is 1. The van der Waals surface area contributed by atoms with E-state index in [4.69, 9.17) is 9.84 Å². The molecule has 1 unspecified atom stereocenters. The number of carboxylic acid groups (broad SMARTS) is 1. The molecular formula is C17H16N4O5S. The second kappa shape index (κ2) is 8.18. The molecule has 10 heteroatoms. The standard InChI is InChI=1S/C17H16N4O5S/c1-10-3-2-4-12(7-10)26-14-6-5-11(8-13(14)21(24)25)16-18-17(20-19-16)27-9-15(22)23/h2-8,21,24H,9H2,1H3,(H,22,23)(H,18,19,20). The largest absolute Gasteiger partial charge is 0.595 e. The zero-order valence-electron chi connectivity index (χ0n) is 14.2. The van der Waals surface area contributed by atoms with E-state index in [-0.39, 0.29) is 22.3 Å². The molecule has 0 aliphatic rings. The Labute approximate surface area is 158 Å². The minimum atomic E-state index is -1.14. The predicted octanol–water partition coefficient (Wildman–Crippen LogP) is 2.15. The number of hydrogen-bond acceptors (Lipinski definition) is 7. The van der Waals surface area contributed by atoms with Gasteiger partial charge in [0.1, 0.15) is 5.75 Å². The van der Waals surface area contributed by atoms with Gasteiger partial charge in [0.15, 0.2) is 11.6 Å². The van der Waals surface area contributed by atoms with Crippen LogP contribution in [0.4, 0.5) is 5.69 Å². The first-order chi connectivity index (χ1) is 12.9. The summed E-state index contributed by atoms with van der Waals surface area (Å²) in [5.41, 5.74) is 1.47. The maximum absolute atomic E-state index is 11.6. The Morgan fingerprint density at radius 1 is 1.33 bits per heavy atom. The van der Waals surface area contributed by atoms with Crippen molar-refractivity contribution in [2.75, 3.05) is 5.75 Å². The molecule has 0 bridgehead atoms. The number of aliphatic carboxylic acids is 1. The predicted molar refractivity (Wildman–Crippen MR) is 97.2 cm³/mol. The molecule has 3 rings (SSSR count). The number of thioether (sulfide) groups is 1. The van der Waals surface area contributed by atoms with Crippen molar-refractivity contribution in [3.63, 3.8) is 0 Å². The van der Waals surface area contributed by atoms with Crippen molar-refractivity contribution in [1.29, 1.82) is 0 Å². The molecule has 0 radical (unpaired) electrons. The highest BCUT2D eigenvalue weighted by atomic mass is 32.2. The number of aromatic amines is 1. The van der Waals surface area contributed by atoms with E-state index in [1.54, 1.807) is 18.2 Å². The van der Waals surface area contributed by atoms with Gasteiger partial charge in [-0.2, -0.15) is 5.23 Å². The van der Waals surface area contributed by atoms with Crippen molar-refractivity contribution >= 4 is 23.4 Å². The topological polar surface area (TPSA) is 136 Å². The second-order valence-electron chi connectivity index (χ2n) is 5.58. The summed E-state index contributed by atoms with van der Waals surface area (Å²) in [6, 6.07) is 11.9. The monoisotopic (exact) mass is 388 g/mol. The average molecular weight is 388 g/mol. The summed E-state index contributed by atoms with van der Waals surface area (Å²) in [4.78, 5) is 14.8. The third-order valence-corrected chi connectivity index (χ3v) is 4.32. The number of aryl methyl sites for hydroxylation is 1. The molecule has 0 saturated carbocycles. The molecule has 0 aliphatic heterocycles. The van der Waals surface area contributed by atoms with Crippen LogP contribution in [0.3, 0.4) is 0 Å². The van der Waals surface area contributed by atoms with Gasteiger partial charge in [-0.25, -0.2) is 10.2 Å². The van der Waals surface area contributed by atoms with Crippen molar-refractivity contribution in [3.05, 3.63) is 53.2 Å². The minimum Gasteiger partial charge on any atom is -0.595 e. The highest BCUT2D eigenvalue weighted by molar-refractivity contribution is 7.99. The van der Waals surface area contributed by atoms with Crippen molar-refractivity contribution in [3.8, 4) is 22.9 Å². The Morgan fingerprint density at radius 2 is 2.15 bits per heavy atom. The van der Waals surface area contributed by atoms with Crippen molar-refractivity contribution in [2.24, 2.45) is 0 Å². The summed E-state index contributed by atoms with van der Waals surface area (Å²) in [6.07, 6.45) is 0. The van der Waals surface area contributed by atoms with Crippen LogP contribution in [-0.4, -0.2) is 37.2 Å². The first-order valence-electron chi connectivity index (χ1n) is 7.81. The van der Waals surface area contributed by atoms with E-state index in [9.17, 15) is 15.2 Å². The van der Waals surface area contributed by atoms with Gasteiger partial charge in [0.2, 0.25) is 10.8 Å². The molecule has 0 saturated heterocycles. The lowest BCUT2D eigenvalue weighted by atomic mass is 10.1. The van der Waals surface area contributed by atoms with Crippen LogP contribution in [-0.2, 0) is 4.79 Å². The van der Waals surface area contributed by atoms with Gasteiger partial charge in [0.25, 0.3) is 0 Å². The van der Waals surface area contributed by atoms with Gasteiger partial charge in [-0.3, -0.25) is 9.89 Å². The molecular weight excluding hydrogens is 372 g/mol. The third kappa shape index (κ3) is 4.83. The van der Waals surface area contributed by atoms with Crippen LogP contribution in [0.2, 0.25) is 0 Å². The summed E-state index contributed by atoms with van der Waals surface area (Å²) in [5.74, 6) is -0.0558. The quantitative estimate of drug-likeness (QED) is 0.357. The maximum atomic E-state index is 11.6. The van der Waals surface area contributed by atoms with E-state index in [1.165, 1.54) is 6.07 Å². The van der Waals surface area contributed by atoms with Crippen molar-refractivity contribution < 1.29 is 25.1 Å². The molecule has 140 valence electrons. The summed E-state index contributed by atoms with van der Waals surface area (Å²) in [7, 11) is 0. The molecule has 27 heavy (non-hydrogen) atoms. The Morgan fingerprint density at radius 3 is 2.85 bits per heavy atom. The number of aromatic nitrogens is 3. The smallest absolute Gasteiger partial charge is 0.313 e. The molecule has 1 heterocycles. The number of ether oxygens (including phenoxy) is 1. The molecule has 0 fully saturated rings. The molecule has 2 aromatic carbocycles. The SMILES string of the molecule is Cc1cccc(Oc2ccc(-c3nc(SCC(=O)O)n[nH]3)cc2[NH+]([O-])O)c1. The number of benzene rings is 2. The van der Waals surface area contributed by atoms with E-state index in [0.717, 1.165) is 17.3 Å². The number of carboxylic acids is 1. The number of H-pyrrole nitrogens is 1. The van der Waals surface area contributed by atoms with Crippen LogP contribution < -0.4 is 9.96 Å². The highest BCUT2D eigenvalue weighted by Gasteiger charge is 2.16. The Balaban J connectivity index is 1.86. The maximum Gasteiger partial charge on any atom is 0.313 e. The van der Waals surface area contributed by atoms with Gasteiger partial charge in [-0.15, -0.1) is 5.10 Å². The number of carbonyl (C=O) groups is 1. The number of rotatable bonds is 7. The Kier molecular flexibility index (Phi) is 5.72. The summed E-state index contributed by atoms with van der Waals surface area (Å²) < 4.78 is 5.72.